The second kappa shape index (κ2) is 11.2. The Morgan fingerprint density at radius 1 is 1.21 bits per heavy atom. The summed E-state index contributed by atoms with van der Waals surface area (Å²) in [4.78, 5) is 19.1. The number of nitrogens with one attached hydrogen (secondary N) is 2. The highest BCUT2D eigenvalue weighted by molar-refractivity contribution is 5.79. The van der Waals surface area contributed by atoms with E-state index in [2.05, 4.69) is 78.9 Å². The number of hydrogen-bond acceptors (Lipinski definition) is 7. The number of fused-ring (bicyclic) bond motifs is 2. The number of hydrazine groups is 2. The standard InChI is InChI=1S/C31H39N5O3/c1-6-25-18-35(17-24-15-32-13-12-28(24)39-25)16-23-14-22(9-8-19(23)3)29(21(5)31(37)38)26-10-11-27-30(20(26)4)33-34-36(27)7-2/h8-15,21,25,29,33-34H,6-7,16-18H2,1-5H3,(H,37,38)/t21-,25+,29+/m0/s1. The van der Waals surface area contributed by atoms with Gasteiger partial charge in [-0.3, -0.25) is 19.7 Å². The first-order valence-corrected chi connectivity index (χ1v) is 13.9. The van der Waals surface area contributed by atoms with Crippen LogP contribution in [0.1, 0.15) is 66.5 Å². The molecule has 3 N–H and O–H groups in total. The number of carboxylic acid groups (broad SMARTS) is 1. The molecular formula is C31H39N5O3. The van der Waals surface area contributed by atoms with E-state index in [4.69, 9.17) is 4.74 Å². The molecular weight excluding hydrogens is 490 g/mol. The van der Waals surface area contributed by atoms with Crippen molar-refractivity contribution in [3.63, 3.8) is 0 Å². The number of hydrogen-bond donors (Lipinski definition) is 3. The molecule has 2 aliphatic rings. The molecule has 0 saturated heterocycles. The van der Waals surface area contributed by atoms with E-state index in [0.717, 1.165) is 72.0 Å². The van der Waals surface area contributed by atoms with E-state index in [1.807, 2.05) is 24.2 Å². The Labute approximate surface area is 230 Å². The van der Waals surface area contributed by atoms with Gasteiger partial charge < -0.3 is 15.3 Å². The molecule has 0 spiro atoms. The minimum absolute atomic E-state index is 0.106. The van der Waals surface area contributed by atoms with Gasteiger partial charge in [0, 0.05) is 50.1 Å². The molecule has 8 nitrogen and oxygen atoms in total. The van der Waals surface area contributed by atoms with Gasteiger partial charge in [0.25, 0.3) is 0 Å². The van der Waals surface area contributed by atoms with Gasteiger partial charge in [-0.05, 0) is 67.1 Å². The van der Waals surface area contributed by atoms with Crippen LogP contribution in [0.25, 0.3) is 0 Å². The van der Waals surface area contributed by atoms with Crippen molar-refractivity contribution in [3.05, 3.63) is 82.2 Å². The predicted octanol–water partition coefficient (Wildman–Crippen LogP) is 5.40. The van der Waals surface area contributed by atoms with Crippen molar-refractivity contribution in [2.24, 2.45) is 5.92 Å². The number of aromatic nitrogens is 1. The summed E-state index contributed by atoms with van der Waals surface area (Å²) in [5.41, 5.74) is 15.2. The van der Waals surface area contributed by atoms with E-state index >= 15 is 0 Å². The van der Waals surface area contributed by atoms with E-state index in [9.17, 15) is 9.90 Å². The fourth-order valence-electron chi connectivity index (χ4n) is 5.83. The molecule has 3 heterocycles. The summed E-state index contributed by atoms with van der Waals surface area (Å²) < 4.78 is 6.29. The van der Waals surface area contributed by atoms with Crippen LogP contribution in [0.5, 0.6) is 5.75 Å². The summed E-state index contributed by atoms with van der Waals surface area (Å²) in [6.45, 7) is 13.4. The zero-order valence-electron chi connectivity index (χ0n) is 23.5. The maximum atomic E-state index is 12.4. The van der Waals surface area contributed by atoms with Crippen molar-refractivity contribution in [1.29, 1.82) is 0 Å². The maximum Gasteiger partial charge on any atom is 0.307 e. The lowest BCUT2D eigenvalue weighted by Crippen LogP contribution is -2.35. The molecule has 2 aromatic carbocycles. The van der Waals surface area contributed by atoms with E-state index in [0.29, 0.717) is 0 Å². The number of rotatable bonds is 8. The van der Waals surface area contributed by atoms with Crippen LogP contribution in [0.2, 0.25) is 0 Å². The molecule has 0 radical (unpaired) electrons. The maximum absolute atomic E-state index is 12.4. The van der Waals surface area contributed by atoms with Crippen molar-refractivity contribution >= 4 is 17.3 Å². The van der Waals surface area contributed by atoms with E-state index in [-0.39, 0.29) is 12.0 Å². The lowest BCUT2D eigenvalue weighted by Gasteiger charge is -2.27. The topological polar surface area (TPSA) is 90.0 Å². The molecule has 3 atom stereocenters. The van der Waals surface area contributed by atoms with Gasteiger partial charge in [-0.25, -0.2) is 0 Å². The smallest absolute Gasteiger partial charge is 0.307 e. The van der Waals surface area contributed by atoms with Gasteiger partial charge in [0.2, 0.25) is 0 Å². The first kappa shape index (κ1) is 27.0. The highest BCUT2D eigenvalue weighted by Gasteiger charge is 2.31. The van der Waals surface area contributed by atoms with Crippen LogP contribution in [-0.2, 0) is 17.9 Å². The lowest BCUT2D eigenvalue weighted by molar-refractivity contribution is -0.141. The fraction of sp³-hybridized carbons (Fsp3) is 0.419. The Balaban J connectivity index is 1.50. The van der Waals surface area contributed by atoms with Crippen molar-refractivity contribution < 1.29 is 14.6 Å². The number of benzene rings is 2. The monoisotopic (exact) mass is 529 g/mol. The van der Waals surface area contributed by atoms with Gasteiger partial charge in [-0.2, -0.15) is 0 Å². The molecule has 1 aromatic heterocycles. The number of pyridine rings is 1. The van der Waals surface area contributed by atoms with Crippen molar-refractivity contribution in [3.8, 4) is 5.75 Å². The third-order valence-corrected chi connectivity index (χ3v) is 8.22. The number of carbonyl (C=O) groups is 1. The fourth-order valence-corrected chi connectivity index (χ4v) is 5.83. The van der Waals surface area contributed by atoms with E-state index < -0.39 is 11.9 Å². The Bertz CT molecular complexity index is 1360. The van der Waals surface area contributed by atoms with Gasteiger partial charge in [0.1, 0.15) is 11.9 Å². The van der Waals surface area contributed by atoms with Gasteiger partial charge in [-0.1, -0.05) is 38.1 Å². The molecule has 0 amide bonds. The molecule has 0 unspecified atom stereocenters. The largest absolute Gasteiger partial charge is 0.489 e. The summed E-state index contributed by atoms with van der Waals surface area (Å²) in [6, 6.07) is 12.6. The van der Waals surface area contributed by atoms with Gasteiger partial charge in [0.05, 0.1) is 17.3 Å². The number of aryl methyl sites for hydroxylation is 1. The van der Waals surface area contributed by atoms with Crippen molar-refractivity contribution in [1.82, 2.24) is 15.4 Å². The Hall–Kier alpha value is -3.62. The Morgan fingerprint density at radius 3 is 2.77 bits per heavy atom. The van der Waals surface area contributed by atoms with Gasteiger partial charge >= 0.3 is 5.97 Å². The quantitative estimate of drug-likeness (QED) is 0.358. The summed E-state index contributed by atoms with van der Waals surface area (Å²) in [6.07, 6.45) is 4.71. The van der Waals surface area contributed by atoms with Crippen LogP contribution >= 0.6 is 0 Å². The van der Waals surface area contributed by atoms with Crippen LogP contribution in [0, 0.1) is 19.8 Å². The molecule has 3 aromatic rings. The minimum Gasteiger partial charge on any atom is -0.489 e. The summed E-state index contributed by atoms with van der Waals surface area (Å²) in [7, 11) is 0. The zero-order valence-corrected chi connectivity index (χ0v) is 23.5. The molecule has 0 fully saturated rings. The molecule has 2 aliphatic heterocycles. The third-order valence-electron chi connectivity index (χ3n) is 8.22. The molecule has 8 heteroatoms. The van der Waals surface area contributed by atoms with Crippen molar-refractivity contribution in [2.75, 3.05) is 23.5 Å². The van der Waals surface area contributed by atoms with E-state index in [1.54, 1.807) is 6.20 Å². The molecule has 0 aliphatic carbocycles. The molecule has 5 rings (SSSR count). The predicted molar refractivity (Wildman–Crippen MR) is 154 cm³/mol. The van der Waals surface area contributed by atoms with Crippen LogP contribution in [-0.4, -0.2) is 40.2 Å². The minimum atomic E-state index is -0.803. The molecule has 0 bridgehead atoms. The van der Waals surface area contributed by atoms with Crippen LogP contribution in [0.15, 0.2) is 48.8 Å². The molecule has 39 heavy (non-hydrogen) atoms. The van der Waals surface area contributed by atoms with Crippen LogP contribution < -0.4 is 20.7 Å². The van der Waals surface area contributed by atoms with Crippen molar-refractivity contribution in [2.45, 2.75) is 66.2 Å². The number of nitrogens with zero attached hydrogens (tertiary/aromatic N) is 3. The van der Waals surface area contributed by atoms with Gasteiger partial charge in [0.15, 0.2) is 0 Å². The number of anilines is 2. The normalized spacial score (nSPS) is 18.4. The van der Waals surface area contributed by atoms with Gasteiger partial charge in [-0.15, -0.1) is 5.53 Å². The van der Waals surface area contributed by atoms with Crippen LogP contribution in [0.4, 0.5) is 11.4 Å². The first-order valence-electron chi connectivity index (χ1n) is 13.9. The number of ether oxygens (including phenoxy) is 1. The number of aliphatic carboxylic acids is 1. The average Bonchev–Trinajstić information content (AvgIpc) is 3.27. The summed E-state index contributed by atoms with van der Waals surface area (Å²) in [5.74, 6) is -0.770. The highest BCUT2D eigenvalue weighted by atomic mass is 16.5. The van der Waals surface area contributed by atoms with E-state index in [1.165, 1.54) is 11.1 Å². The highest BCUT2D eigenvalue weighted by Crippen LogP contribution is 2.42. The lowest BCUT2D eigenvalue weighted by atomic mass is 9.78. The summed E-state index contributed by atoms with van der Waals surface area (Å²) >= 11 is 0. The SMILES string of the molecule is CC[C@@H]1CN(Cc2cc([C@H](c3ccc4c(c3C)NNN4CC)[C@H](C)C(=O)O)ccc2C)Cc2cnccc2O1. The summed E-state index contributed by atoms with van der Waals surface area (Å²) in [5, 5.41) is 12.2. The second-order valence-electron chi connectivity index (χ2n) is 10.7. The first-order chi connectivity index (χ1) is 18.8. The Morgan fingerprint density at radius 2 is 2.03 bits per heavy atom. The average molecular weight is 530 g/mol. The third kappa shape index (κ3) is 5.31. The Kier molecular flexibility index (Phi) is 7.77. The zero-order chi connectivity index (χ0) is 27.7. The second-order valence-corrected chi connectivity index (χ2v) is 10.7. The molecule has 0 saturated carbocycles. The van der Waals surface area contributed by atoms with Crippen LogP contribution in [0.3, 0.4) is 0 Å². The molecule has 206 valence electrons. The number of carboxylic acids is 1.